The Kier molecular flexibility index (Phi) is 2.79. The molecule has 1 N–H and O–H groups in total. The second-order valence-electron chi connectivity index (χ2n) is 3.79. The Morgan fingerprint density at radius 3 is 3.07 bits per heavy atom. The van der Waals surface area contributed by atoms with Gasteiger partial charge in [-0.3, -0.25) is 4.98 Å². The SMILES string of the molecule is Cc1cncc(C(O)C2CCCO2)c1. The Morgan fingerprint density at radius 1 is 1.57 bits per heavy atom. The van der Waals surface area contributed by atoms with Crippen LogP contribution in [0.3, 0.4) is 0 Å². The van der Waals surface area contributed by atoms with E-state index in [9.17, 15) is 5.11 Å². The molecule has 0 aromatic carbocycles. The van der Waals surface area contributed by atoms with Crippen molar-refractivity contribution in [3.05, 3.63) is 29.6 Å². The van der Waals surface area contributed by atoms with Crippen molar-refractivity contribution < 1.29 is 9.84 Å². The van der Waals surface area contributed by atoms with Crippen LogP contribution in [0, 0.1) is 6.92 Å². The summed E-state index contributed by atoms with van der Waals surface area (Å²) in [6, 6.07) is 1.96. The summed E-state index contributed by atoms with van der Waals surface area (Å²) in [6.07, 6.45) is 4.91. The van der Waals surface area contributed by atoms with Gasteiger partial charge in [0, 0.05) is 24.6 Å². The van der Waals surface area contributed by atoms with E-state index in [4.69, 9.17) is 4.74 Å². The standard InChI is InChI=1S/C11H15NO2/c1-8-5-9(7-12-6-8)11(13)10-3-2-4-14-10/h5-7,10-11,13H,2-4H2,1H3. The first-order chi connectivity index (χ1) is 6.77. The van der Waals surface area contributed by atoms with E-state index in [0.29, 0.717) is 0 Å². The Morgan fingerprint density at radius 2 is 2.43 bits per heavy atom. The monoisotopic (exact) mass is 193 g/mol. The molecule has 1 aromatic heterocycles. The lowest BCUT2D eigenvalue weighted by atomic mass is 10.0. The zero-order chi connectivity index (χ0) is 9.97. The van der Waals surface area contributed by atoms with Gasteiger partial charge in [0.05, 0.1) is 6.10 Å². The number of ether oxygens (including phenoxy) is 1. The van der Waals surface area contributed by atoms with Gasteiger partial charge >= 0.3 is 0 Å². The van der Waals surface area contributed by atoms with Crippen LogP contribution in [-0.2, 0) is 4.74 Å². The quantitative estimate of drug-likeness (QED) is 0.775. The van der Waals surface area contributed by atoms with E-state index in [2.05, 4.69) is 4.98 Å². The van der Waals surface area contributed by atoms with Crippen LogP contribution in [0.1, 0.15) is 30.1 Å². The summed E-state index contributed by atoms with van der Waals surface area (Å²) >= 11 is 0. The molecule has 76 valence electrons. The third-order valence-corrected chi connectivity index (χ3v) is 2.55. The number of aryl methyl sites for hydroxylation is 1. The smallest absolute Gasteiger partial charge is 0.107 e. The number of hydrogen-bond acceptors (Lipinski definition) is 3. The molecule has 1 fully saturated rings. The number of aliphatic hydroxyl groups excluding tert-OH is 1. The van der Waals surface area contributed by atoms with Crippen LogP contribution in [0.2, 0.25) is 0 Å². The molecule has 0 radical (unpaired) electrons. The molecule has 2 heterocycles. The molecule has 14 heavy (non-hydrogen) atoms. The van der Waals surface area contributed by atoms with Crippen LogP contribution >= 0.6 is 0 Å². The van der Waals surface area contributed by atoms with Gasteiger partial charge in [-0.25, -0.2) is 0 Å². The molecule has 1 aliphatic heterocycles. The number of aliphatic hydroxyl groups is 1. The molecule has 0 aliphatic carbocycles. The van der Waals surface area contributed by atoms with E-state index < -0.39 is 6.10 Å². The minimum absolute atomic E-state index is 0.0430. The minimum Gasteiger partial charge on any atom is -0.386 e. The van der Waals surface area contributed by atoms with Gasteiger partial charge in [0.2, 0.25) is 0 Å². The molecular weight excluding hydrogens is 178 g/mol. The van der Waals surface area contributed by atoms with E-state index in [1.54, 1.807) is 12.4 Å². The summed E-state index contributed by atoms with van der Waals surface area (Å²) in [5.41, 5.74) is 1.93. The number of pyridine rings is 1. The highest BCUT2D eigenvalue weighted by atomic mass is 16.5. The van der Waals surface area contributed by atoms with Gasteiger partial charge in [0.15, 0.2) is 0 Å². The topological polar surface area (TPSA) is 42.4 Å². The summed E-state index contributed by atoms with van der Waals surface area (Å²) in [5, 5.41) is 9.98. The molecule has 1 saturated heterocycles. The van der Waals surface area contributed by atoms with Crippen LogP contribution in [0.15, 0.2) is 18.5 Å². The predicted octanol–water partition coefficient (Wildman–Crippen LogP) is 1.60. The molecule has 3 heteroatoms. The highest BCUT2D eigenvalue weighted by molar-refractivity contribution is 5.19. The largest absolute Gasteiger partial charge is 0.386 e. The maximum atomic E-state index is 9.98. The van der Waals surface area contributed by atoms with E-state index in [1.165, 1.54) is 0 Å². The van der Waals surface area contributed by atoms with Gasteiger partial charge in [-0.2, -0.15) is 0 Å². The van der Waals surface area contributed by atoms with Crippen molar-refractivity contribution in [2.24, 2.45) is 0 Å². The second-order valence-corrected chi connectivity index (χ2v) is 3.79. The fourth-order valence-corrected chi connectivity index (χ4v) is 1.81. The van der Waals surface area contributed by atoms with Crippen molar-refractivity contribution in [1.82, 2.24) is 4.98 Å². The van der Waals surface area contributed by atoms with Gasteiger partial charge in [-0.1, -0.05) is 6.07 Å². The molecule has 0 amide bonds. The Hall–Kier alpha value is -0.930. The average molecular weight is 193 g/mol. The molecule has 1 aromatic rings. The fraction of sp³-hybridized carbons (Fsp3) is 0.545. The van der Waals surface area contributed by atoms with Crippen molar-refractivity contribution in [2.45, 2.75) is 32.0 Å². The Bertz CT molecular complexity index is 308. The van der Waals surface area contributed by atoms with E-state index >= 15 is 0 Å². The third kappa shape index (κ3) is 1.94. The number of hydrogen-bond donors (Lipinski definition) is 1. The second kappa shape index (κ2) is 4.07. The van der Waals surface area contributed by atoms with Gasteiger partial charge in [0.25, 0.3) is 0 Å². The van der Waals surface area contributed by atoms with Gasteiger partial charge in [0.1, 0.15) is 6.10 Å². The van der Waals surface area contributed by atoms with Crippen molar-refractivity contribution >= 4 is 0 Å². The van der Waals surface area contributed by atoms with E-state index in [-0.39, 0.29) is 6.10 Å². The van der Waals surface area contributed by atoms with Crippen molar-refractivity contribution in [3.63, 3.8) is 0 Å². The molecule has 2 unspecified atom stereocenters. The fourth-order valence-electron chi connectivity index (χ4n) is 1.81. The van der Waals surface area contributed by atoms with Crippen LogP contribution in [0.5, 0.6) is 0 Å². The summed E-state index contributed by atoms with van der Waals surface area (Å²) < 4.78 is 5.43. The van der Waals surface area contributed by atoms with E-state index in [0.717, 1.165) is 30.6 Å². The average Bonchev–Trinajstić information content (AvgIpc) is 2.69. The first-order valence-electron chi connectivity index (χ1n) is 4.98. The number of aromatic nitrogens is 1. The lowest BCUT2D eigenvalue weighted by molar-refractivity contribution is -0.00277. The van der Waals surface area contributed by atoms with Crippen molar-refractivity contribution in [1.29, 1.82) is 0 Å². The number of nitrogens with zero attached hydrogens (tertiary/aromatic N) is 1. The lowest BCUT2D eigenvalue weighted by Crippen LogP contribution is -2.17. The first-order valence-corrected chi connectivity index (χ1v) is 4.98. The van der Waals surface area contributed by atoms with Gasteiger partial charge in [-0.15, -0.1) is 0 Å². The molecule has 2 rings (SSSR count). The molecule has 1 aliphatic rings. The van der Waals surface area contributed by atoms with Crippen molar-refractivity contribution in [2.75, 3.05) is 6.61 Å². The Balaban J connectivity index is 2.13. The van der Waals surface area contributed by atoms with E-state index in [1.807, 2.05) is 13.0 Å². The minimum atomic E-state index is -0.523. The molecule has 0 spiro atoms. The molecule has 3 nitrogen and oxygen atoms in total. The summed E-state index contributed by atoms with van der Waals surface area (Å²) in [5.74, 6) is 0. The molecule has 0 bridgehead atoms. The molecule has 0 saturated carbocycles. The van der Waals surface area contributed by atoms with Gasteiger partial charge in [-0.05, 0) is 25.3 Å². The normalized spacial score (nSPS) is 23.7. The van der Waals surface area contributed by atoms with Gasteiger partial charge < -0.3 is 9.84 Å². The zero-order valence-corrected chi connectivity index (χ0v) is 8.31. The highest BCUT2D eigenvalue weighted by Crippen LogP contribution is 2.26. The first kappa shape index (κ1) is 9.62. The summed E-state index contributed by atoms with van der Waals surface area (Å²) in [6.45, 7) is 2.74. The van der Waals surface area contributed by atoms with Crippen LogP contribution in [0.4, 0.5) is 0 Å². The molecular formula is C11H15NO2. The Labute approximate surface area is 83.7 Å². The third-order valence-electron chi connectivity index (χ3n) is 2.55. The van der Waals surface area contributed by atoms with Crippen LogP contribution in [0.25, 0.3) is 0 Å². The maximum absolute atomic E-state index is 9.98. The van der Waals surface area contributed by atoms with Crippen molar-refractivity contribution in [3.8, 4) is 0 Å². The summed E-state index contributed by atoms with van der Waals surface area (Å²) in [4.78, 5) is 4.06. The number of rotatable bonds is 2. The summed E-state index contributed by atoms with van der Waals surface area (Å²) in [7, 11) is 0. The van der Waals surface area contributed by atoms with Crippen LogP contribution < -0.4 is 0 Å². The van der Waals surface area contributed by atoms with Crippen LogP contribution in [-0.4, -0.2) is 22.8 Å². The highest BCUT2D eigenvalue weighted by Gasteiger charge is 2.25. The molecule has 2 atom stereocenters. The zero-order valence-electron chi connectivity index (χ0n) is 8.31. The predicted molar refractivity (Wildman–Crippen MR) is 52.9 cm³/mol. The lowest BCUT2D eigenvalue weighted by Gasteiger charge is -2.17. The maximum Gasteiger partial charge on any atom is 0.107 e.